The SMILES string of the molecule is CC1=NN(c2ccccc2)C(=O)[C@H]1/C=C1\C(=O)NC(=O)N(c2ccc(F)cc2)C1=O. The first-order valence-corrected chi connectivity index (χ1v) is 8.98. The molecule has 2 heterocycles. The van der Waals surface area contributed by atoms with Crippen molar-refractivity contribution in [3.63, 3.8) is 0 Å². The van der Waals surface area contributed by atoms with Crippen LogP contribution in [-0.2, 0) is 14.4 Å². The molecule has 2 aromatic carbocycles. The van der Waals surface area contributed by atoms with Crippen molar-refractivity contribution in [2.24, 2.45) is 11.0 Å². The maximum Gasteiger partial charge on any atom is 0.335 e. The molecule has 0 aliphatic carbocycles. The zero-order chi connectivity index (χ0) is 21.4. The van der Waals surface area contributed by atoms with Crippen LogP contribution < -0.4 is 15.2 Å². The summed E-state index contributed by atoms with van der Waals surface area (Å²) in [4.78, 5) is 51.0. The third kappa shape index (κ3) is 3.26. The van der Waals surface area contributed by atoms with Gasteiger partial charge in [0.05, 0.1) is 23.0 Å². The Hall–Kier alpha value is -4.14. The lowest BCUT2D eigenvalue weighted by molar-refractivity contribution is -0.122. The van der Waals surface area contributed by atoms with E-state index >= 15 is 0 Å². The van der Waals surface area contributed by atoms with E-state index in [0.717, 1.165) is 12.1 Å². The number of nitrogens with one attached hydrogen (secondary N) is 1. The molecule has 0 aromatic heterocycles. The number of hydrogen-bond donors (Lipinski definition) is 1. The van der Waals surface area contributed by atoms with Gasteiger partial charge in [0.15, 0.2) is 0 Å². The molecular weight excluding hydrogens is 391 g/mol. The number of imide groups is 2. The van der Waals surface area contributed by atoms with E-state index in [1.807, 2.05) is 0 Å². The molecule has 0 saturated carbocycles. The molecule has 0 bridgehead atoms. The van der Waals surface area contributed by atoms with Crippen molar-refractivity contribution in [2.45, 2.75) is 6.92 Å². The average Bonchev–Trinajstić information content (AvgIpc) is 3.01. The van der Waals surface area contributed by atoms with E-state index in [-0.39, 0.29) is 11.3 Å². The third-order valence-corrected chi connectivity index (χ3v) is 4.70. The van der Waals surface area contributed by atoms with Crippen molar-refractivity contribution in [3.05, 3.63) is 72.1 Å². The van der Waals surface area contributed by atoms with Gasteiger partial charge in [0, 0.05) is 0 Å². The smallest absolute Gasteiger partial charge is 0.273 e. The molecule has 2 aliphatic rings. The molecule has 8 nitrogen and oxygen atoms in total. The van der Waals surface area contributed by atoms with E-state index in [1.54, 1.807) is 37.3 Å². The van der Waals surface area contributed by atoms with Crippen LogP contribution in [0.5, 0.6) is 0 Å². The Kier molecular flexibility index (Phi) is 4.71. The van der Waals surface area contributed by atoms with Crippen LogP contribution in [0.2, 0.25) is 0 Å². The van der Waals surface area contributed by atoms with Crippen molar-refractivity contribution >= 4 is 40.8 Å². The first kappa shape index (κ1) is 19.2. The lowest BCUT2D eigenvalue weighted by atomic mass is 9.98. The van der Waals surface area contributed by atoms with Crippen LogP contribution in [0.3, 0.4) is 0 Å². The van der Waals surface area contributed by atoms with E-state index in [0.29, 0.717) is 16.3 Å². The van der Waals surface area contributed by atoms with Crippen molar-refractivity contribution in [2.75, 3.05) is 9.91 Å². The number of hydrogen-bond acceptors (Lipinski definition) is 5. The van der Waals surface area contributed by atoms with Gasteiger partial charge in [-0.1, -0.05) is 18.2 Å². The molecule has 0 spiro atoms. The van der Waals surface area contributed by atoms with Gasteiger partial charge in [0.2, 0.25) is 0 Å². The van der Waals surface area contributed by atoms with Crippen LogP contribution in [0.25, 0.3) is 0 Å². The Morgan fingerprint density at radius 1 is 0.967 bits per heavy atom. The highest BCUT2D eigenvalue weighted by molar-refractivity contribution is 6.38. The second-order valence-electron chi connectivity index (χ2n) is 6.66. The van der Waals surface area contributed by atoms with Crippen LogP contribution in [-0.4, -0.2) is 29.5 Å². The van der Waals surface area contributed by atoms with E-state index in [4.69, 9.17) is 0 Å². The molecular formula is C21H15FN4O4. The number of hydrazone groups is 1. The Morgan fingerprint density at radius 3 is 2.30 bits per heavy atom. The van der Waals surface area contributed by atoms with Gasteiger partial charge in [-0.3, -0.25) is 19.7 Å². The number of amides is 5. The van der Waals surface area contributed by atoms with Crippen LogP contribution in [0.4, 0.5) is 20.6 Å². The molecule has 1 atom stereocenters. The molecule has 150 valence electrons. The normalized spacial score (nSPS) is 20.7. The number of urea groups is 1. The molecule has 1 N–H and O–H groups in total. The van der Waals surface area contributed by atoms with Gasteiger partial charge in [0.1, 0.15) is 11.4 Å². The molecule has 2 aliphatic heterocycles. The van der Waals surface area contributed by atoms with E-state index in [1.165, 1.54) is 23.2 Å². The summed E-state index contributed by atoms with van der Waals surface area (Å²) in [5.41, 5.74) is 0.653. The quantitative estimate of drug-likeness (QED) is 0.625. The second kappa shape index (κ2) is 7.36. The highest BCUT2D eigenvalue weighted by Gasteiger charge is 2.40. The number of barbiturate groups is 1. The monoisotopic (exact) mass is 406 g/mol. The van der Waals surface area contributed by atoms with Crippen LogP contribution in [0.1, 0.15) is 6.92 Å². The first-order chi connectivity index (χ1) is 14.4. The van der Waals surface area contributed by atoms with Crippen molar-refractivity contribution in [1.82, 2.24) is 5.32 Å². The lowest BCUT2D eigenvalue weighted by Crippen LogP contribution is -2.54. The third-order valence-electron chi connectivity index (χ3n) is 4.70. The number of carbonyl (C=O) groups excluding carboxylic acids is 4. The van der Waals surface area contributed by atoms with Crippen molar-refractivity contribution < 1.29 is 23.6 Å². The summed E-state index contributed by atoms with van der Waals surface area (Å²) >= 11 is 0. The minimum atomic E-state index is -0.956. The second-order valence-corrected chi connectivity index (χ2v) is 6.66. The fourth-order valence-electron chi connectivity index (χ4n) is 3.19. The minimum absolute atomic E-state index is 0.0892. The summed E-state index contributed by atoms with van der Waals surface area (Å²) in [6.45, 7) is 1.61. The number of para-hydroxylation sites is 1. The standard InChI is InChI=1S/C21H15FN4O4/c1-12-16(20(29)26(24-12)15-5-3-2-4-6-15)11-17-18(27)23-21(30)25(19(17)28)14-9-7-13(22)8-10-14/h2-11,16H,1H3,(H,23,27,30)/b17-11+/t16-/m0/s1. The van der Waals surface area contributed by atoms with Gasteiger partial charge < -0.3 is 0 Å². The average molecular weight is 406 g/mol. The van der Waals surface area contributed by atoms with Gasteiger partial charge >= 0.3 is 6.03 Å². The van der Waals surface area contributed by atoms with Gasteiger partial charge in [-0.25, -0.2) is 14.1 Å². The number of rotatable bonds is 3. The fourth-order valence-corrected chi connectivity index (χ4v) is 3.19. The molecule has 5 amide bonds. The number of halogens is 1. The topological polar surface area (TPSA) is 99.2 Å². The van der Waals surface area contributed by atoms with Crippen molar-refractivity contribution in [3.8, 4) is 0 Å². The first-order valence-electron chi connectivity index (χ1n) is 8.98. The van der Waals surface area contributed by atoms with E-state index in [2.05, 4.69) is 10.4 Å². The minimum Gasteiger partial charge on any atom is -0.273 e. The summed E-state index contributed by atoms with van der Waals surface area (Å²) in [5.74, 6) is -3.74. The molecule has 0 radical (unpaired) electrons. The molecule has 2 aromatic rings. The summed E-state index contributed by atoms with van der Waals surface area (Å²) in [7, 11) is 0. The molecule has 1 fully saturated rings. The Morgan fingerprint density at radius 2 is 1.63 bits per heavy atom. The summed E-state index contributed by atoms with van der Waals surface area (Å²) in [5, 5.41) is 7.50. The Bertz CT molecular complexity index is 1130. The Balaban J connectivity index is 1.67. The zero-order valence-corrected chi connectivity index (χ0v) is 15.7. The van der Waals surface area contributed by atoms with Crippen LogP contribution in [0, 0.1) is 11.7 Å². The highest BCUT2D eigenvalue weighted by atomic mass is 19.1. The van der Waals surface area contributed by atoms with Gasteiger partial charge in [0.25, 0.3) is 17.7 Å². The van der Waals surface area contributed by atoms with E-state index in [9.17, 15) is 23.6 Å². The molecule has 1 saturated heterocycles. The maximum absolute atomic E-state index is 13.2. The molecule has 9 heteroatoms. The van der Waals surface area contributed by atoms with Gasteiger partial charge in [-0.15, -0.1) is 0 Å². The summed E-state index contributed by atoms with van der Waals surface area (Å²) in [6.07, 6.45) is 1.20. The predicted molar refractivity (Wildman–Crippen MR) is 106 cm³/mol. The largest absolute Gasteiger partial charge is 0.335 e. The Labute approximate surface area is 170 Å². The van der Waals surface area contributed by atoms with Crippen LogP contribution in [0.15, 0.2) is 71.3 Å². The van der Waals surface area contributed by atoms with Gasteiger partial charge in [-0.05, 0) is 49.4 Å². The lowest BCUT2D eigenvalue weighted by Gasteiger charge is -2.26. The van der Waals surface area contributed by atoms with E-state index < -0.39 is 35.5 Å². The summed E-state index contributed by atoms with van der Waals surface area (Å²) < 4.78 is 13.2. The highest BCUT2D eigenvalue weighted by Crippen LogP contribution is 2.27. The number of carbonyl (C=O) groups is 4. The number of nitrogens with zero attached hydrogens (tertiary/aromatic N) is 3. The van der Waals surface area contributed by atoms with Gasteiger partial charge in [-0.2, -0.15) is 10.1 Å². The van der Waals surface area contributed by atoms with Crippen molar-refractivity contribution in [1.29, 1.82) is 0 Å². The summed E-state index contributed by atoms with van der Waals surface area (Å²) in [6, 6.07) is 12.4. The molecule has 0 unspecified atom stereocenters. The van der Waals surface area contributed by atoms with Crippen LogP contribution >= 0.6 is 0 Å². The number of benzene rings is 2. The number of anilines is 2. The predicted octanol–water partition coefficient (Wildman–Crippen LogP) is 2.37. The molecule has 4 rings (SSSR count). The fraction of sp³-hybridized carbons (Fsp3) is 0.0952. The molecule has 30 heavy (non-hydrogen) atoms. The maximum atomic E-state index is 13.2. The zero-order valence-electron chi connectivity index (χ0n) is 15.7.